The lowest BCUT2D eigenvalue weighted by Gasteiger charge is -2.27. The normalized spacial score (nSPS) is 16.6. The third-order valence-electron chi connectivity index (χ3n) is 12.3. The Labute approximate surface area is 383 Å². The monoisotopic (exact) mass is 903 g/mol. The fourth-order valence-corrected chi connectivity index (χ4v) is 8.78. The van der Waals surface area contributed by atoms with Crippen molar-refractivity contribution in [3.63, 3.8) is 0 Å². The highest BCUT2D eigenvalue weighted by Crippen LogP contribution is 2.33. The molecule has 2 aromatic heterocycles. The van der Waals surface area contributed by atoms with Crippen molar-refractivity contribution < 1.29 is 47.4 Å². The predicted molar refractivity (Wildman–Crippen MR) is 243 cm³/mol. The number of Topliss-reactive ketones (excluding diaryl/α,β-unsaturated/α-hetero) is 1. The van der Waals surface area contributed by atoms with E-state index in [0.29, 0.717) is 64.7 Å². The second-order valence-electron chi connectivity index (χ2n) is 16.8. The number of carbonyl (C=O) groups excluding carboxylic acids is 5. The number of carbonyl (C=O) groups is 5. The summed E-state index contributed by atoms with van der Waals surface area (Å²) >= 11 is 0. The molecule has 348 valence electrons. The van der Waals surface area contributed by atoms with Crippen LogP contribution in [0.1, 0.15) is 68.4 Å². The van der Waals surface area contributed by atoms with Crippen LogP contribution in [0, 0.1) is 13.8 Å². The van der Waals surface area contributed by atoms with Crippen LogP contribution in [-0.4, -0.2) is 139 Å². The molecule has 17 nitrogen and oxygen atoms in total. The molecule has 1 atom stereocenters. The minimum atomic E-state index is -1.02. The summed E-state index contributed by atoms with van der Waals surface area (Å²) in [6.45, 7) is 11.5. The highest BCUT2D eigenvalue weighted by atomic mass is 16.5. The number of ether oxygens (including phenoxy) is 4. The van der Waals surface area contributed by atoms with E-state index in [9.17, 15) is 24.0 Å². The summed E-state index contributed by atoms with van der Waals surface area (Å²) in [7, 11) is 0. The Morgan fingerprint density at radius 3 is 2.32 bits per heavy atom. The maximum Gasteiger partial charge on any atom is 0.264 e. The van der Waals surface area contributed by atoms with E-state index >= 15 is 0 Å². The first kappa shape index (κ1) is 46.4. The number of nitrogens with one attached hydrogen (secondary N) is 2. The molecule has 3 aliphatic rings. The number of hydrogen-bond acceptors (Lipinski definition) is 14. The Morgan fingerprint density at radius 2 is 1.58 bits per heavy atom. The number of benzene rings is 3. The van der Waals surface area contributed by atoms with E-state index in [1.54, 1.807) is 18.2 Å². The zero-order valence-corrected chi connectivity index (χ0v) is 37.6. The molecule has 5 heterocycles. The van der Waals surface area contributed by atoms with Gasteiger partial charge in [-0.2, -0.15) is 0 Å². The van der Waals surface area contributed by atoms with Gasteiger partial charge in [-0.1, -0.05) is 41.6 Å². The molecule has 66 heavy (non-hydrogen) atoms. The Morgan fingerprint density at radius 1 is 0.833 bits per heavy atom. The number of imidazole rings is 1. The van der Waals surface area contributed by atoms with Crippen molar-refractivity contribution in [1.29, 1.82) is 0 Å². The van der Waals surface area contributed by atoms with E-state index in [4.69, 9.17) is 28.5 Å². The van der Waals surface area contributed by atoms with Gasteiger partial charge >= 0.3 is 0 Å². The average molecular weight is 904 g/mol. The maximum atomic E-state index is 13.3. The topological polar surface area (TPSA) is 197 Å². The fourth-order valence-electron chi connectivity index (χ4n) is 8.78. The van der Waals surface area contributed by atoms with Crippen LogP contribution in [0.3, 0.4) is 0 Å². The van der Waals surface area contributed by atoms with Crippen molar-refractivity contribution in [1.82, 2.24) is 29.8 Å². The van der Waals surface area contributed by atoms with E-state index in [1.807, 2.05) is 26.0 Å². The van der Waals surface area contributed by atoms with Crippen LogP contribution in [0.25, 0.3) is 22.2 Å². The number of rotatable bonds is 23. The van der Waals surface area contributed by atoms with Gasteiger partial charge in [0.05, 0.1) is 80.7 Å². The van der Waals surface area contributed by atoms with Crippen molar-refractivity contribution in [2.45, 2.75) is 65.0 Å². The first-order valence-electron chi connectivity index (χ1n) is 22.8. The van der Waals surface area contributed by atoms with E-state index in [1.165, 1.54) is 5.56 Å². The number of piperidine rings is 1. The first-order valence-corrected chi connectivity index (χ1v) is 22.8. The van der Waals surface area contributed by atoms with Crippen molar-refractivity contribution in [2.24, 2.45) is 0 Å². The molecule has 2 N–H and O–H groups in total. The van der Waals surface area contributed by atoms with Crippen molar-refractivity contribution in [2.75, 3.05) is 84.4 Å². The molecule has 0 radical (unpaired) electrons. The van der Waals surface area contributed by atoms with Crippen LogP contribution in [0.4, 0.5) is 5.69 Å². The number of amides is 4. The number of aromatic nitrogens is 3. The number of imide groups is 2. The van der Waals surface area contributed by atoms with Gasteiger partial charge < -0.3 is 33.4 Å². The number of fused-ring (bicyclic) bond motifs is 2. The van der Waals surface area contributed by atoms with Gasteiger partial charge in [-0.05, 0) is 67.6 Å². The lowest BCUT2D eigenvalue weighted by Crippen LogP contribution is -2.54. The fraction of sp³-hybridized carbons (Fsp3) is 0.449. The molecule has 0 spiro atoms. The molecule has 2 fully saturated rings. The third kappa shape index (κ3) is 11.1. The number of aryl methyl sites for hydroxylation is 4. The van der Waals surface area contributed by atoms with Crippen LogP contribution in [0.5, 0.6) is 0 Å². The van der Waals surface area contributed by atoms with Gasteiger partial charge in [0.15, 0.2) is 0 Å². The summed E-state index contributed by atoms with van der Waals surface area (Å²) in [4.78, 5) is 71.5. The summed E-state index contributed by atoms with van der Waals surface area (Å²) < 4.78 is 30.3. The average Bonchev–Trinajstić information content (AvgIpc) is 3.94. The summed E-state index contributed by atoms with van der Waals surface area (Å²) in [6, 6.07) is 18.6. The molecule has 2 saturated heterocycles. The van der Waals surface area contributed by atoms with E-state index < -0.39 is 29.7 Å². The minimum Gasteiger partial charge on any atom is -0.382 e. The lowest BCUT2D eigenvalue weighted by molar-refractivity contribution is -0.136. The van der Waals surface area contributed by atoms with E-state index in [-0.39, 0.29) is 29.8 Å². The van der Waals surface area contributed by atoms with E-state index in [2.05, 4.69) is 55.6 Å². The second kappa shape index (κ2) is 21.9. The van der Waals surface area contributed by atoms with Crippen LogP contribution in [0.15, 0.2) is 65.2 Å². The molecule has 1 unspecified atom stereocenters. The number of nitrogens with zero attached hydrogens (tertiary/aromatic N) is 5. The number of ketones is 1. The van der Waals surface area contributed by atoms with Crippen LogP contribution in [-0.2, 0) is 59.1 Å². The van der Waals surface area contributed by atoms with Crippen LogP contribution >= 0.6 is 0 Å². The third-order valence-corrected chi connectivity index (χ3v) is 12.3. The summed E-state index contributed by atoms with van der Waals surface area (Å²) in [5.74, 6) is -0.237. The van der Waals surface area contributed by atoms with Crippen molar-refractivity contribution in [3.05, 3.63) is 100 Å². The lowest BCUT2D eigenvalue weighted by atomic mass is 10.0. The summed E-state index contributed by atoms with van der Waals surface area (Å²) in [5, 5.41) is 9.50. The van der Waals surface area contributed by atoms with E-state index in [0.717, 1.165) is 102 Å². The standard InChI is InChI=1S/C49H57N7O10/c1-32-45(33(2)66-53-32)36-11-12-41-40(31-36)51-43(55(41)19-18-54-20-24-64-25-21-54)14-10-34-6-8-35(9-7-34)30-37(57)16-22-62-26-28-65-29-27-63-23-17-50-39-5-3-4-38-46(39)49(61)56(48(38)60)42-13-15-44(58)52-47(42)59/h3-9,11-12,31,42,50H,10,13-30H2,1-2H3,(H,52,58,59). The maximum absolute atomic E-state index is 13.3. The molecule has 3 aliphatic heterocycles. The molecule has 8 rings (SSSR count). The van der Waals surface area contributed by atoms with Crippen LogP contribution in [0.2, 0.25) is 0 Å². The van der Waals surface area contributed by atoms with Gasteiger partial charge in [-0.15, -0.1) is 0 Å². The minimum absolute atomic E-state index is 0.0583. The molecule has 0 bridgehead atoms. The smallest absolute Gasteiger partial charge is 0.264 e. The largest absolute Gasteiger partial charge is 0.382 e. The Bertz CT molecular complexity index is 2530. The highest BCUT2D eigenvalue weighted by Gasteiger charge is 2.45. The van der Waals surface area contributed by atoms with Gasteiger partial charge in [-0.3, -0.25) is 39.1 Å². The molecular formula is C49H57N7O10. The SMILES string of the molecule is Cc1noc(C)c1-c1ccc2c(c1)nc(CCc1ccc(CC(=O)CCOCCOCCOCCNc3cccc4c3C(=O)N(C3CCC(=O)NC3=O)C4=O)cc1)n2CCN1CCOCC1. The zero-order valence-electron chi connectivity index (χ0n) is 37.6. The number of anilines is 1. The van der Waals surface area contributed by atoms with Gasteiger partial charge in [-0.25, -0.2) is 4.98 Å². The number of hydrogen-bond donors (Lipinski definition) is 2. The quantitative estimate of drug-likeness (QED) is 0.0687. The molecule has 5 aromatic rings. The Kier molecular flexibility index (Phi) is 15.4. The molecule has 0 aliphatic carbocycles. The van der Waals surface area contributed by atoms with Gasteiger partial charge in [0.25, 0.3) is 11.8 Å². The molecule has 3 aromatic carbocycles. The predicted octanol–water partition coefficient (Wildman–Crippen LogP) is 4.49. The first-order chi connectivity index (χ1) is 32.1. The number of morpholine rings is 1. The van der Waals surface area contributed by atoms with Gasteiger partial charge in [0.2, 0.25) is 11.8 Å². The zero-order chi connectivity index (χ0) is 46.0. The molecule has 4 amide bonds. The van der Waals surface area contributed by atoms with Gasteiger partial charge in [0.1, 0.15) is 23.4 Å². The Hall–Kier alpha value is -6.11. The molecule has 17 heteroatoms. The highest BCUT2D eigenvalue weighted by molar-refractivity contribution is 6.25. The molecular weight excluding hydrogens is 847 g/mol. The van der Waals surface area contributed by atoms with Crippen molar-refractivity contribution in [3.8, 4) is 11.1 Å². The molecule has 0 saturated carbocycles. The second-order valence-corrected chi connectivity index (χ2v) is 16.8. The van der Waals surface area contributed by atoms with Crippen molar-refractivity contribution >= 4 is 46.1 Å². The summed E-state index contributed by atoms with van der Waals surface area (Å²) in [6.07, 6.45) is 2.42. The summed E-state index contributed by atoms with van der Waals surface area (Å²) in [5.41, 5.74) is 8.05. The van der Waals surface area contributed by atoms with Gasteiger partial charge in [0, 0.05) is 69.7 Å². The Balaban J connectivity index is 0.706. The van der Waals surface area contributed by atoms with Crippen LogP contribution < -0.4 is 10.6 Å².